The van der Waals surface area contributed by atoms with Crippen molar-refractivity contribution in [1.82, 2.24) is 9.97 Å². The van der Waals surface area contributed by atoms with Crippen LogP contribution in [0, 0.1) is 13.8 Å². The highest BCUT2D eigenvalue weighted by molar-refractivity contribution is 7.98. The predicted octanol–water partition coefficient (Wildman–Crippen LogP) is 3.69. The van der Waals surface area contributed by atoms with Crippen LogP contribution in [0.5, 0.6) is 5.75 Å². The molecule has 1 aromatic carbocycles. The van der Waals surface area contributed by atoms with Gasteiger partial charge in [-0.05, 0) is 31.7 Å². The molecule has 0 aliphatic rings. The van der Waals surface area contributed by atoms with Crippen LogP contribution in [-0.4, -0.2) is 22.2 Å². The van der Waals surface area contributed by atoms with E-state index in [1.807, 2.05) is 32.2 Å². The molecule has 0 radical (unpaired) electrons. The second-order valence-corrected chi connectivity index (χ2v) is 5.39. The largest absolute Gasteiger partial charge is 0.421 e. The number of hydrogen-bond donors (Lipinski definition) is 0. The average Bonchev–Trinajstić information content (AvgIpc) is 2.42. The zero-order chi connectivity index (χ0) is 14.7. The molecule has 1 aromatic heterocycles. The Hall–Kier alpha value is -1.59. The summed E-state index contributed by atoms with van der Waals surface area (Å²) in [6.07, 6.45) is 3.22. The lowest BCUT2D eigenvalue weighted by molar-refractivity contribution is 0.0726. The molecule has 2 rings (SSSR count). The molecule has 0 fully saturated rings. The van der Waals surface area contributed by atoms with Gasteiger partial charge in [0.25, 0.3) is 0 Å². The summed E-state index contributed by atoms with van der Waals surface area (Å²) in [7, 11) is 0. The lowest BCUT2D eigenvalue weighted by atomic mass is 10.1. The van der Waals surface area contributed by atoms with Crippen LogP contribution in [0.2, 0.25) is 5.02 Å². The van der Waals surface area contributed by atoms with Crippen LogP contribution in [0.4, 0.5) is 0 Å². The van der Waals surface area contributed by atoms with E-state index in [4.69, 9.17) is 16.3 Å². The molecule has 0 saturated heterocycles. The minimum atomic E-state index is -0.584. The summed E-state index contributed by atoms with van der Waals surface area (Å²) in [6, 6.07) is 5.58. The SMILES string of the molecule is CSc1ncc(Cl)c(C(=O)Oc2ccc(C)cc2C)n1. The van der Waals surface area contributed by atoms with Crippen molar-refractivity contribution in [2.75, 3.05) is 6.26 Å². The Morgan fingerprint density at radius 1 is 1.35 bits per heavy atom. The fourth-order valence-corrected chi connectivity index (χ4v) is 2.16. The molecule has 0 amide bonds. The van der Waals surface area contributed by atoms with Gasteiger partial charge in [-0.2, -0.15) is 0 Å². The van der Waals surface area contributed by atoms with Gasteiger partial charge in [0.2, 0.25) is 0 Å². The van der Waals surface area contributed by atoms with Crippen molar-refractivity contribution in [1.29, 1.82) is 0 Å². The van der Waals surface area contributed by atoms with Crippen LogP contribution < -0.4 is 4.74 Å². The Labute approximate surface area is 126 Å². The van der Waals surface area contributed by atoms with Crippen LogP contribution in [-0.2, 0) is 0 Å². The summed E-state index contributed by atoms with van der Waals surface area (Å²) in [6.45, 7) is 3.86. The summed E-state index contributed by atoms with van der Waals surface area (Å²) >= 11 is 7.28. The van der Waals surface area contributed by atoms with Crippen LogP contribution in [0.25, 0.3) is 0 Å². The predicted molar refractivity (Wildman–Crippen MR) is 79.7 cm³/mol. The highest BCUT2D eigenvalue weighted by Gasteiger charge is 2.17. The first kappa shape index (κ1) is 14.8. The van der Waals surface area contributed by atoms with Gasteiger partial charge in [0, 0.05) is 0 Å². The first-order valence-electron chi connectivity index (χ1n) is 5.87. The molecule has 0 saturated carbocycles. The molecule has 2 aromatic rings. The monoisotopic (exact) mass is 308 g/mol. The van der Waals surface area contributed by atoms with Gasteiger partial charge in [-0.15, -0.1) is 0 Å². The maximum absolute atomic E-state index is 12.1. The molecule has 104 valence electrons. The Bertz CT molecular complexity index is 662. The van der Waals surface area contributed by atoms with Gasteiger partial charge in [-0.3, -0.25) is 0 Å². The standard InChI is InChI=1S/C14H13ClN2O2S/c1-8-4-5-11(9(2)6-8)19-13(18)12-10(15)7-16-14(17-12)20-3/h4-7H,1-3H3. The fourth-order valence-electron chi connectivity index (χ4n) is 1.65. The molecule has 0 aliphatic carbocycles. The number of carbonyl (C=O) groups is 1. The lowest BCUT2D eigenvalue weighted by Gasteiger charge is -2.08. The number of carbonyl (C=O) groups excluding carboxylic acids is 1. The van der Waals surface area contributed by atoms with Gasteiger partial charge in [0.1, 0.15) is 5.75 Å². The van der Waals surface area contributed by atoms with E-state index < -0.39 is 5.97 Å². The third-order valence-corrected chi connectivity index (χ3v) is 3.47. The number of thioether (sulfide) groups is 1. The van der Waals surface area contributed by atoms with Gasteiger partial charge >= 0.3 is 5.97 Å². The zero-order valence-corrected chi connectivity index (χ0v) is 12.9. The molecule has 0 bridgehead atoms. The number of benzene rings is 1. The molecular weight excluding hydrogens is 296 g/mol. The summed E-state index contributed by atoms with van der Waals surface area (Å²) in [4.78, 5) is 20.2. The molecule has 1 heterocycles. The number of hydrogen-bond acceptors (Lipinski definition) is 5. The number of halogens is 1. The Morgan fingerprint density at radius 3 is 2.75 bits per heavy atom. The molecule has 0 N–H and O–H groups in total. The average molecular weight is 309 g/mol. The fraction of sp³-hybridized carbons (Fsp3) is 0.214. The van der Waals surface area contributed by atoms with Gasteiger partial charge in [-0.25, -0.2) is 14.8 Å². The molecule has 0 aliphatic heterocycles. The van der Waals surface area contributed by atoms with Gasteiger partial charge < -0.3 is 4.74 Å². The minimum absolute atomic E-state index is 0.0750. The number of aryl methyl sites for hydroxylation is 2. The van der Waals surface area contributed by atoms with E-state index in [9.17, 15) is 4.79 Å². The number of esters is 1. The molecule has 20 heavy (non-hydrogen) atoms. The number of ether oxygens (including phenoxy) is 1. The van der Waals surface area contributed by atoms with E-state index >= 15 is 0 Å². The van der Waals surface area contributed by atoms with E-state index in [0.29, 0.717) is 10.9 Å². The van der Waals surface area contributed by atoms with Crippen molar-refractivity contribution >= 4 is 29.3 Å². The van der Waals surface area contributed by atoms with Gasteiger partial charge in [-0.1, -0.05) is 41.1 Å². The lowest BCUT2D eigenvalue weighted by Crippen LogP contribution is -2.13. The van der Waals surface area contributed by atoms with Crippen LogP contribution in [0.3, 0.4) is 0 Å². The third-order valence-electron chi connectivity index (χ3n) is 2.63. The summed E-state index contributed by atoms with van der Waals surface area (Å²) < 4.78 is 5.34. The minimum Gasteiger partial charge on any atom is -0.421 e. The third kappa shape index (κ3) is 3.29. The molecule has 0 spiro atoms. The number of rotatable bonds is 3. The molecule has 0 atom stereocenters. The van der Waals surface area contributed by atoms with Crippen LogP contribution in [0.1, 0.15) is 21.6 Å². The highest BCUT2D eigenvalue weighted by atomic mass is 35.5. The van der Waals surface area contributed by atoms with E-state index in [1.54, 1.807) is 6.07 Å². The van der Waals surface area contributed by atoms with Gasteiger partial charge in [0.05, 0.1) is 11.2 Å². The van der Waals surface area contributed by atoms with Crippen molar-refractivity contribution in [3.63, 3.8) is 0 Å². The van der Waals surface area contributed by atoms with Crippen LogP contribution >= 0.6 is 23.4 Å². The second kappa shape index (κ2) is 6.24. The van der Waals surface area contributed by atoms with Gasteiger partial charge in [0.15, 0.2) is 10.9 Å². The maximum Gasteiger partial charge on any atom is 0.364 e. The van der Waals surface area contributed by atoms with E-state index in [2.05, 4.69) is 9.97 Å². The van der Waals surface area contributed by atoms with Crippen molar-refractivity contribution in [2.24, 2.45) is 0 Å². The Morgan fingerprint density at radius 2 is 2.10 bits per heavy atom. The first-order valence-corrected chi connectivity index (χ1v) is 7.47. The van der Waals surface area contributed by atoms with E-state index in [0.717, 1.165) is 11.1 Å². The summed E-state index contributed by atoms with van der Waals surface area (Å²) in [5.41, 5.74) is 2.06. The van der Waals surface area contributed by atoms with E-state index in [1.165, 1.54) is 18.0 Å². The van der Waals surface area contributed by atoms with Crippen LogP contribution in [0.15, 0.2) is 29.6 Å². The van der Waals surface area contributed by atoms with Crippen molar-refractivity contribution in [2.45, 2.75) is 19.0 Å². The normalized spacial score (nSPS) is 10.4. The molecule has 6 heteroatoms. The molecule has 0 unspecified atom stereocenters. The molecular formula is C14H13ClN2O2S. The first-order chi connectivity index (χ1) is 9.51. The second-order valence-electron chi connectivity index (χ2n) is 4.21. The number of aromatic nitrogens is 2. The summed E-state index contributed by atoms with van der Waals surface area (Å²) in [5, 5.41) is 0.652. The van der Waals surface area contributed by atoms with Crippen molar-refractivity contribution in [3.8, 4) is 5.75 Å². The Balaban J connectivity index is 2.28. The zero-order valence-electron chi connectivity index (χ0n) is 11.3. The molecule has 4 nitrogen and oxygen atoms in total. The van der Waals surface area contributed by atoms with E-state index in [-0.39, 0.29) is 10.7 Å². The van der Waals surface area contributed by atoms with Crippen molar-refractivity contribution < 1.29 is 9.53 Å². The highest BCUT2D eigenvalue weighted by Crippen LogP contribution is 2.22. The topological polar surface area (TPSA) is 52.1 Å². The Kier molecular flexibility index (Phi) is 4.62. The van der Waals surface area contributed by atoms with Crippen molar-refractivity contribution in [3.05, 3.63) is 46.2 Å². The smallest absolute Gasteiger partial charge is 0.364 e. The quantitative estimate of drug-likeness (QED) is 0.374. The maximum atomic E-state index is 12.1. The summed E-state index contributed by atoms with van der Waals surface area (Å²) in [5.74, 6) is -0.0827. The number of nitrogens with zero attached hydrogens (tertiary/aromatic N) is 2.